The average molecular weight is 556 g/mol. The van der Waals surface area contributed by atoms with Crippen molar-refractivity contribution in [1.29, 1.82) is 0 Å². The summed E-state index contributed by atoms with van der Waals surface area (Å²) in [6.45, 7) is 5.06. The molecule has 3 N–H and O–H groups in total. The summed E-state index contributed by atoms with van der Waals surface area (Å²) >= 11 is 0. The smallest absolute Gasteiger partial charge is 0.0555 e. The number of hydrogen-bond acceptors (Lipinski definition) is 3. The van der Waals surface area contributed by atoms with Gasteiger partial charge in [-0.25, -0.2) is 0 Å². The second-order valence-corrected chi connectivity index (χ2v) is 5.73. The molecule has 2 radical (unpaired) electrons. The Hall–Kier alpha value is 0.748. The minimum atomic E-state index is -0.151. The molecular weight excluding hydrogens is 530 g/mol. The predicted molar refractivity (Wildman–Crippen MR) is 98.0 cm³/mol. The summed E-state index contributed by atoms with van der Waals surface area (Å²) in [7, 11) is 0. The zero-order valence-corrected chi connectivity index (χ0v) is 21.6. The molecule has 0 bridgehead atoms. The van der Waals surface area contributed by atoms with Crippen LogP contribution < -0.4 is 5.32 Å². The minimum absolute atomic E-state index is 0. The van der Waals surface area contributed by atoms with Crippen LogP contribution in [0.1, 0.15) is 22.7 Å². The van der Waals surface area contributed by atoms with Crippen LogP contribution in [0.2, 0.25) is 0 Å². The molecule has 1 heterocycles. The van der Waals surface area contributed by atoms with E-state index in [0.29, 0.717) is 6.54 Å². The summed E-state index contributed by atoms with van der Waals surface area (Å²) in [5.41, 5.74) is 4.13. The zero-order chi connectivity index (χ0) is 17.2. The van der Waals surface area contributed by atoms with E-state index in [1.54, 1.807) is 0 Å². The van der Waals surface area contributed by atoms with Crippen molar-refractivity contribution in [3.05, 3.63) is 83.5 Å². The van der Waals surface area contributed by atoms with Crippen LogP contribution in [-0.4, -0.2) is 42.6 Å². The number of benzene rings is 2. The van der Waals surface area contributed by atoms with Crippen LogP contribution in [-0.2, 0) is 39.1 Å². The fourth-order valence-electron chi connectivity index (χ4n) is 2.69. The van der Waals surface area contributed by atoms with Gasteiger partial charge in [-0.1, -0.05) is 77.8 Å². The van der Waals surface area contributed by atoms with Crippen molar-refractivity contribution in [3.63, 3.8) is 0 Å². The summed E-state index contributed by atoms with van der Waals surface area (Å²) in [4.78, 5) is 0. The topological polar surface area (TPSA) is 66.6 Å². The van der Waals surface area contributed by atoms with Gasteiger partial charge >= 0.3 is 0 Å². The summed E-state index contributed by atoms with van der Waals surface area (Å²) in [6, 6.07) is 19.3. The maximum Gasteiger partial charge on any atom is 0.0555 e. The Kier molecular flexibility index (Phi) is 16.1. The second-order valence-electron chi connectivity index (χ2n) is 5.73. The van der Waals surface area contributed by atoms with E-state index in [9.17, 15) is 0 Å². The maximum atomic E-state index is 8.35. The van der Waals surface area contributed by atoms with Crippen molar-refractivity contribution in [2.45, 2.75) is 18.5 Å². The molecule has 2 aromatic carbocycles. The summed E-state index contributed by atoms with van der Waals surface area (Å²) in [5, 5.41) is 24.1. The van der Waals surface area contributed by atoms with Crippen LogP contribution in [0.3, 0.4) is 0 Å². The van der Waals surface area contributed by atoms with Crippen molar-refractivity contribution in [2.24, 2.45) is 0 Å². The first kappa shape index (κ1) is 26.7. The number of aliphatic hydroxyl groups is 2. The van der Waals surface area contributed by atoms with E-state index in [4.69, 9.17) is 15.5 Å². The zero-order valence-electron chi connectivity index (χ0n) is 15.1. The third kappa shape index (κ3) is 8.83. The molecule has 2 aromatic rings. The van der Waals surface area contributed by atoms with E-state index in [1.165, 1.54) is 16.7 Å². The molecule has 0 saturated carbocycles. The average Bonchev–Trinajstić information content (AvgIpc) is 2.66. The Labute approximate surface area is 215 Å². The van der Waals surface area contributed by atoms with Gasteiger partial charge < -0.3 is 27.8 Å². The number of hydrogen-bond donors (Lipinski definition) is 3. The first-order valence-corrected chi connectivity index (χ1v) is 8.33. The first-order chi connectivity index (χ1) is 11.8. The molecule has 0 fully saturated rings. The molecule has 0 spiro atoms. The van der Waals surface area contributed by atoms with Crippen LogP contribution in [0.25, 0.3) is 5.32 Å². The molecule has 2 atom stereocenters. The summed E-state index contributed by atoms with van der Waals surface area (Å²) in [6.07, 6.45) is 1.08. The van der Waals surface area contributed by atoms with Crippen LogP contribution in [0, 0.1) is 48.2 Å². The Morgan fingerprint density at radius 2 is 1.73 bits per heavy atom. The van der Waals surface area contributed by atoms with E-state index < -0.39 is 0 Å². The first-order valence-electron chi connectivity index (χ1n) is 8.33. The number of rotatable bonds is 5. The van der Waals surface area contributed by atoms with E-state index in [2.05, 4.69) is 66.8 Å². The van der Waals surface area contributed by atoms with E-state index in [0.717, 1.165) is 13.0 Å². The third-order valence-corrected chi connectivity index (χ3v) is 3.92. The molecule has 136 valence electrons. The standard InChI is InChI=1S/C15H14N.C5H12NO2.Pr.Y/c1-2-7-13(8-3-1)15-14-9-5-4-6-12(14)10-11-16-15;1-5(4-8)6-2-3-7;;/h1-9,15H,10-11H2;5-8H,1-4H2;;/q2*-1;;/t;5-;;/m.0../s1. The van der Waals surface area contributed by atoms with Crippen LogP contribution in [0.5, 0.6) is 0 Å². The van der Waals surface area contributed by atoms with Gasteiger partial charge in [0.2, 0.25) is 0 Å². The molecule has 3 rings (SSSR count). The molecule has 0 aliphatic carbocycles. The Bertz CT molecular complexity index is 601. The van der Waals surface area contributed by atoms with E-state index in [1.807, 2.05) is 0 Å². The Morgan fingerprint density at radius 1 is 1.08 bits per heavy atom. The van der Waals surface area contributed by atoms with Gasteiger partial charge in [0.1, 0.15) is 0 Å². The fraction of sp³-hybridized carbons (Fsp3) is 0.350. The Balaban J connectivity index is 0.000000547. The largest absolute Gasteiger partial charge is 0.652 e. The summed E-state index contributed by atoms with van der Waals surface area (Å²) in [5.74, 6) is 0. The third-order valence-electron chi connectivity index (χ3n) is 3.92. The summed E-state index contributed by atoms with van der Waals surface area (Å²) < 4.78 is 0. The number of nitrogens with zero attached hydrogens (tertiary/aromatic N) is 1. The van der Waals surface area contributed by atoms with Crippen LogP contribution in [0.4, 0.5) is 0 Å². The number of aliphatic hydroxyl groups excluding tert-OH is 2. The normalized spacial score (nSPS) is 16.0. The predicted octanol–water partition coefficient (Wildman–Crippen LogP) is 2.47. The van der Waals surface area contributed by atoms with E-state index >= 15 is 0 Å². The molecule has 0 amide bonds. The van der Waals surface area contributed by atoms with Gasteiger partial charge in [0, 0.05) is 87.2 Å². The molecule has 6 heteroatoms. The van der Waals surface area contributed by atoms with Crippen LogP contribution >= 0.6 is 0 Å². The molecule has 0 saturated heterocycles. The minimum Gasteiger partial charge on any atom is -0.652 e. The van der Waals surface area contributed by atoms with Crippen LogP contribution in [0.15, 0.2) is 54.6 Å². The van der Waals surface area contributed by atoms with Crippen molar-refractivity contribution in [1.82, 2.24) is 5.32 Å². The maximum absolute atomic E-state index is 8.35. The fourth-order valence-corrected chi connectivity index (χ4v) is 2.69. The number of nitrogens with one attached hydrogen (secondary N) is 1. The molecule has 1 unspecified atom stereocenters. The van der Waals surface area contributed by atoms with Gasteiger partial charge in [0.25, 0.3) is 0 Å². The van der Waals surface area contributed by atoms with Gasteiger partial charge in [-0.3, -0.25) is 0 Å². The van der Waals surface area contributed by atoms with Gasteiger partial charge in [-0.05, 0) is 12.0 Å². The quantitative estimate of drug-likeness (QED) is 0.497. The molecule has 4 nitrogen and oxygen atoms in total. The molecule has 26 heavy (non-hydrogen) atoms. The van der Waals surface area contributed by atoms with Crippen molar-refractivity contribution in [2.75, 3.05) is 26.3 Å². The van der Waals surface area contributed by atoms with E-state index in [-0.39, 0.29) is 99.3 Å². The van der Waals surface area contributed by atoms with Crippen molar-refractivity contribution < 1.29 is 84.2 Å². The second kappa shape index (κ2) is 15.6. The van der Waals surface area contributed by atoms with Gasteiger partial charge in [-0.2, -0.15) is 0 Å². The van der Waals surface area contributed by atoms with Gasteiger partial charge in [0.15, 0.2) is 0 Å². The van der Waals surface area contributed by atoms with Crippen molar-refractivity contribution in [3.8, 4) is 0 Å². The van der Waals surface area contributed by atoms with Gasteiger partial charge in [0.05, 0.1) is 6.61 Å². The van der Waals surface area contributed by atoms with Gasteiger partial charge in [-0.15, -0.1) is 6.54 Å². The SMILES string of the molecule is [CH2-][C@@H](CO)NCCO.[Pr].[Y].c1ccc(C2[N-]CCc3ccccc32)cc1. The molecular formula is C20H26N2O2PrY-2. The molecule has 0 aromatic heterocycles. The molecule has 1 aliphatic rings. The van der Waals surface area contributed by atoms with Crippen molar-refractivity contribution >= 4 is 0 Å². The monoisotopic (exact) mass is 556 g/mol. The number of fused-ring (bicyclic) bond motifs is 1. The molecule has 1 aliphatic heterocycles. The Morgan fingerprint density at radius 3 is 2.38 bits per heavy atom.